The van der Waals surface area contributed by atoms with Crippen LogP contribution in [0.25, 0.3) is 6.08 Å². The number of carbonyl (C=O) groups is 4. The number of carbonyl (C=O) groups excluding carboxylic acids is 4. The molecule has 0 atom stereocenters. The molecule has 1 aliphatic rings. The molecule has 38 heavy (non-hydrogen) atoms. The van der Waals surface area contributed by atoms with Crippen LogP contribution in [0.15, 0.2) is 76.8 Å². The van der Waals surface area contributed by atoms with Crippen LogP contribution < -0.4 is 20.3 Å². The number of nitro groups is 1. The molecular weight excluding hydrogens is 560 g/mol. The molecule has 12 heteroatoms. The lowest BCUT2D eigenvalue weighted by Crippen LogP contribution is -2.54. The van der Waals surface area contributed by atoms with E-state index in [2.05, 4.69) is 26.6 Å². The highest BCUT2D eigenvalue weighted by Gasteiger charge is 2.37. The Balaban J connectivity index is 1.48. The van der Waals surface area contributed by atoms with Crippen LogP contribution in [0.4, 0.5) is 21.9 Å². The summed E-state index contributed by atoms with van der Waals surface area (Å²) in [5.41, 5.74) is 1.55. The highest BCUT2D eigenvalue weighted by atomic mass is 79.9. The second kappa shape index (κ2) is 11.0. The van der Waals surface area contributed by atoms with Crippen molar-refractivity contribution >= 4 is 62.8 Å². The SMILES string of the molecule is Cc1ccccc1NC(=O)COc1ccc(/C=C2/C(=O)NC(=O)N(c3ccc([N+](=O)[O-])cc3)C2=O)cc1Br. The fourth-order valence-corrected chi connectivity index (χ4v) is 4.06. The van der Waals surface area contributed by atoms with Crippen LogP contribution in [0.5, 0.6) is 5.75 Å². The van der Waals surface area contributed by atoms with Crippen LogP contribution in [0.2, 0.25) is 0 Å². The largest absolute Gasteiger partial charge is 0.483 e. The number of nitrogens with zero attached hydrogens (tertiary/aromatic N) is 2. The van der Waals surface area contributed by atoms with Gasteiger partial charge in [-0.25, -0.2) is 9.69 Å². The first kappa shape index (κ1) is 26.2. The van der Waals surface area contributed by atoms with E-state index in [1.54, 1.807) is 24.3 Å². The fourth-order valence-electron chi connectivity index (χ4n) is 3.55. The van der Waals surface area contributed by atoms with Gasteiger partial charge in [-0.3, -0.25) is 29.8 Å². The zero-order valence-electron chi connectivity index (χ0n) is 19.8. The number of imide groups is 2. The van der Waals surface area contributed by atoms with Crippen molar-refractivity contribution in [3.8, 4) is 5.75 Å². The Morgan fingerprint density at radius 1 is 1.11 bits per heavy atom. The predicted octanol–water partition coefficient (Wildman–Crippen LogP) is 4.35. The number of nitrogens with one attached hydrogen (secondary N) is 2. The summed E-state index contributed by atoms with van der Waals surface area (Å²) < 4.78 is 6.05. The van der Waals surface area contributed by atoms with Crippen molar-refractivity contribution in [1.29, 1.82) is 0 Å². The lowest BCUT2D eigenvalue weighted by Gasteiger charge is -2.26. The van der Waals surface area contributed by atoms with Crippen molar-refractivity contribution in [3.05, 3.63) is 98.0 Å². The van der Waals surface area contributed by atoms with E-state index in [-0.39, 0.29) is 29.5 Å². The molecule has 192 valence electrons. The maximum Gasteiger partial charge on any atom is 0.335 e. The predicted molar refractivity (Wildman–Crippen MR) is 142 cm³/mol. The third-order valence-corrected chi connectivity index (χ3v) is 6.08. The normalized spacial score (nSPS) is 14.3. The smallest absolute Gasteiger partial charge is 0.335 e. The summed E-state index contributed by atoms with van der Waals surface area (Å²) >= 11 is 3.36. The van der Waals surface area contributed by atoms with Crippen molar-refractivity contribution in [2.45, 2.75) is 6.92 Å². The number of amides is 5. The molecule has 1 aliphatic heterocycles. The monoisotopic (exact) mass is 578 g/mol. The second-order valence-corrected chi connectivity index (χ2v) is 8.93. The Bertz CT molecular complexity index is 1500. The minimum absolute atomic E-state index is 0.0606. The van der Waals surface area contributed by atoms with Gasteiger partial charge in [0.05, 0.1) is 15.1 Å². The highest BCUT2D eigenvalue weighted by molar-refractivity contribution is 9.10. The molecule has 11 nitrogen and oxygen atoms in total. The number of nitro benzene ring substituents is 1. The van der Waals surface area contributed by atoms with E-state index in [1.165, 1.54) is 18.2 Å². The topological polar surface area (TPSA) is 148 Å². The van der Waals surface area contributed by atoms with Gasteiger partial charge in [0.2, 0.25) is 0 Å². The minimum atomic E-state index is -0.972. The van der Waals surface area contributed by atoms with Gasteiger partial charge in [-0.05, 0) is 70.4 Å². The number of hydrogen-bond donors (Lipinski definition) is 2. The van der Waals surface area contributed by atoms with Gasteiger partial charge in [-0.15, -0.1) is 0 Å². The first-order chi connectivity index (χ1) is 18.1. The quantitative estimate of drug-likeness (QED) is 0.183. The Hall–Kier alpha value is -4.84. The van der Waals surface area contributed by atoms with Crippen LogP contribution in [0.1, 0.15) is 11.1 Å². The Morgan fingerprint density at radius 3 is 2.47 bits per heavy atom. The summed E-state index contributed by atoms with van der Waals surface area (Å²) in [4.78, 5) is 61.1. The number of aryl methyl sites for hydroxylation is 1. The zero-order valence-corrected chi connectivity index (χ0v) is 21.4. The molecule has 3 aromatic rings. The van der Waals surface area contributed by atoms with Gasteiger partial charge in [-0.2, -0.15) is 0 Å². The molecule has 0 radical (unpaired) electrons. The number of non-ortho nitro benzene ring substituents is 1. The number of rotatable bonds is 7. The fraction of sp³-hybridized carbons (Fsp3) is 0.0769. The van der Waals surface area contributed by atoms with Gasteiger partial charge in [0.15, 0.2) is 6.61 Å². The molecule has 0 bridgehead atoms. The summed E-state index contributed by atoms with van der Waals surface area (Å²) in [6.07, 6.45) is 1.29. The maximum absolute atomic E-state index is 13.0. The van der Waals surface area contributed by atoms with Crippen molar-refractivity contribution < 1.29 is 28.8 Å². The molecule has 3 aromatic carbocycles. The number of hydrogen-bond acceptors (Lipinski definition) is 7. The molecule has 0 saturated carbocycles. The number of para-hydroxylation sites is 1. The van der Waals surface area contributed by atoms with E-state index < -0.39 is 22.8 Å². The molecule has 1 fully saturated rings. The summed E-state index contributed by atoms with van der Waals surface area (Å²) in [6.45, 7) is 1.62. The number of barbiturate groups is 1. The number of anilines is 2. The van der Waals surface area contributed by atoms with Gasteiger partial charge in [0.1, 0.15) is 11.3 Å². The van der Waals surface area contributed by atoms with E-state index in [9.17, 15) is 29.3 Å². The van der Waals surface area contributed by atoms with Crippen LogP contribution >= 0.6 is 15.9 Å². The minimum Gasteiger partial charge on any atom is -0.483 e. The Morgan fingerprint density at radius 2 is 1.82 bits per heavy atom. The molecule has 1 heterocycles. The lowest BCUT2D eigenvalue weighted by atomic mass is 10.1. The first-order valence-electron chi connectivity index (χ1n) is 11.1. The average molecular weight is 579 g/mol. The molecule has 0 aliphatic carbocycles. The van der Waals surface area contributed by atoms with Crippen LogP contribution in [0, 0.1) is 17.0 Å². The molecule has 0 unspecified atom stereocenters. The molecule has 1 saturated heterocycles. The van der Waals surface area contributed by atoms with Gasteiger partial charge >= 0.3 is 6.03 Å². The number of halogens is 1. The Labute approximate surface area is 224 Å². The average Bonchev–Trinajstić information content (AvgIpc) is 2.87. The van der Waals surface area contributed by atoms with Crippen LogP contribution in [-0.2, 0) is 14.4 Å². The van der Waals surface area contributed by atoms with Crippen LogP contribution in [0.3, 0.4) is 0 Å². The van der Waals surface area contributed by atoms with Crippen molar-refractivity contribution in [2.75, 3.05) is 16.8 Å². The van der Waals surface area contributed by atoms with E-state index >= 15 is 0 Å². The van der Waals surface area contributed by atoms with E-state index in [4.69, 9.17) is 4.74 Å². The number of urea groups is 1. The van der Waals surface area contributed by atoms with Crippen molar-refractivity contribution in [1.82, 2.24) is 5.32 Å². The molecule has 5 amide bonds. The summed E-state index contributed by atoms with van der Waals surface area (Å²) in [6, 6.07) is 15.8. The zero-order chi connectivity index (χ0) is 27.4. The van der Waals surface area contributed by atoms with E-state index in [0.717, 1.165) is 22.6 Å². The summed E-state index contributed by atoms with van der Waals surface area (Å²) in [5.74, 6) is -1.77. The van der Waals surface area contributed by atoms with Crippen molar-refractivity contribution in [2.24, 2.45) is 0 Å². The van der Waals surface area contributed by atoms with E-state index in [0.29, 0.717) is 21.5 Å². The van der Waals surface area contributed by atoms with Gasteiger partial charge < -0.3 is 10.1 Å². The van der Waals surface area contributed by atoms with Gasteiger partial charge in [-0.1, -0.05) is 24.3 Å². The molecule has 4 rings (SSSR count). The maximum atomic E-state index is 13.0. The Kier molecular flexibility index (Phi) is 7.63. The summed E-state index contributed by atoms with van der Waals surface area (Å²) in [5, 5.41) is 15.7. The van der Waals surface area contributed by atoms with Crippen LogP contribution in [-0.4, -0.2) is 35.3 Å². The molecular formula is C26H19BrN4O7. The second-order valence-electron chi connectivity index (χ2n) is 8.07. The number of benzene rings is 3. The molecule has 0 aromatic heterocycles. The number of ether oxygens (including phenoxy) is 1. The lowest BCUT2D eigenvalue weighted by molar-refractivity contribution is -0.384. The first-order valence-corrected chi connectivity index (χ1v) is 11.9. The molecule has 2 N–H and O–H groups in total. The third-order valence-electron chi connectivity index (χ3n) is 5.47. The van der Waals surface area contributed by atoms with Gasteiger partial charge in [0.25, 0.3) is 23.4 Å². The standard InChI is InChI=1S/C26H19BrN4O7/c1-15-4-2-3-5-21(15)28-23(32)14-38-22-11-6-16(13-20(22)27)12-19-24(33)29-26(35)30(25(19)34)17-7-9-18(10-8-17)31(36)37/h2-13H,14H2,1H3,(H,28,32)(H,29,33,35)/b19-12-. The summed E-state index contributed by atoms with van der Waals surface area (Å²) in [7, 11) is 0. The third kappa shape index (κ3) is 5.76. The van der Waals surface area contributed by atoms with Crippen molar-refractivity contribution in [3.63, 3.8) is 0 Å². The molecule has 0 spiro atoms. The highest BCUT2D eigenvalue weighted by Crippen LogP contribution is 2.29. The van der Waals surface area contributed by atoms with Gasteiger partial charge in [0, 0.05) is 17.8 Å². The van der Waals surface area contributed by atoms with E-state index in [1.807, 2.05) is 25.1 Å².